The number of primary amides is 1. The number of aliphatic carboxylic acids is 1. The monoisotopic (exact) mass is 933 g/mol. The molecule has 0 bridgehead atoms. The largest absolute Gasteiger partial charge is 0.508 e. The van der Waals surface area contributed by atoms with Crippen LogP contribution < -0.4 is 32.7 Å². The average Bonchev–Trinajstić information content (AvgIpc) is 4.08. The maximum absolute atomic E-state index is 14.4. The van der Waals surface area contributed by atoms with Crippen LogP contribution in [0.1, 0.15) is 83.3 Å². The highest BCUT2D eigenvalue weighted by Gasteiger charge is 2.47. The van der Waals surface area contributed by atoms with Crippen LogP contribution in [0.3, 0.4) is 0 Å². The van der Waals surface area contributed by atoms with Gasteiger partial charge in [0.2, 0.25) is 47.3 Å². The van der Waals surface area contributed by atoms with Crippen molar-refractivity contribution in [2.24, 2.45) is 17.4 Å². The van der Waals surface area contributed by atoms with Gasteiger partial charge in [0.25, 0.3) is 0 Å². The van der Waals surface area contributed by atoms with Crippen molar-refractivity contribution in [3.8, 4) is 11.5 Å². The second-order valence-corrected chi connectivity index (χ2v) is 18.0. The number of nitrogens with one attached hydrogen (secondary N) is 4. The van der Waals surface area contributed by atoms with E-state index in [1.54, 1.807) is 24.3 Å². The third-order valence-corrected chi connectivity index (χ3v) is 12.3. The van der Waals surface area contributed by atoms with Crippen molar-refractivity contribution in [1.29, 1.82) is 0 Å². The van der Waals surface area contributed by atoms with E-state index in [-0.39, 0.29) is 75.6 Å². The molecule has 364 valence electrons. The Bertz CT molecular complexity index is 2150. The number of nitrogens with zero attached hydrogens (tertiary/aromatic N) is 3. The molecule has 3 heterocycles. The fourth-order valence-corrected chi connectivity index (χ4v) is 8.82. The van der Waals surface area contributed by atoms with E-state index in [0.717, 1.165) is 0 Å². The first-order valence-electron chi connectivity index (χ1n) is 22.7. The van der Waals surface area contributed by atoms with Crippen molar-refractivity contribution < 1.29 is 58.5 Å². The molecular formula is C46H63N9O12. The number of phenols is 2. The quantitative estimate of drug-likeness (QED) is 0.0783. The van der Waals surface area contributed by atoms with Crippen molar-refractivity contribution in [2.45, 2.75) is 133 Å². The maximum Gasteiger partial charge on any atom is 0.325 e. The van der Waals surface area contributed by atoms with Crippen LogP contribution in [-0.2, 0) is 56.0 Å². The molecule has 3 saturated heterocycles. The highest BCUT2D eigenvalue weighted by Crippen LogP contribution is 2.29. The highest BCUT2D eigenvalue weighted by atomic mass is 16.4. The lowest BCUT2D eigenvalue weighted by Crippen LogP contribution is -2.60. The Hall–Kier alpha value is -6.77. The van der Waals surface area contributed by atoms with E-state index in [2.05, 4.69) is 21.3 Å². The molecule has 67 heavy (non-hydrogen) atoms. The Morgan fingerprint density at radius 2 is 1.07 bits per heavy atom. The minimum Gasteiger partial charge on any atom is -0.508 e. The summed E-state index contributed by atoms with van der Waals surface area (Å²) in [5, 5.41) is 39.0. The number of hydrogen-bond acceptors (Lipinski definition) is 12. The number of carboxylic acid groups (broad SMARTS) is 1. The van der Waals surface area contributed by atoms with Gasteiger partial charge >= 0.3 is 5.97 Å². The van der Waals surface area contributed by atoms with Crippen molar-refractivity contribution in [2.75, 3.05) is 19.6 Å². The number of likely N-dealkylation sites (tertiary alicyclic amines) is 3. The number of rotatable bonds is 20. The summed E-state index contributed by atoms with van der Waals surface area (Å²) < 4.78 is 0. The zero-order valence-corrected chi connectivity index (χ0v) is 38.0. The summed E-state index contributed by atoms with van der Waals surface area (Å²) in [6, 6.07) is 2.79. The predicted octanol–water partition coefficient (Wildman–Crippen LogP) is -0.851. The molecule has 21 heteroatoms. The zero-order valence-electron chi connectivity index (χ0n) is 38.0. The number of carboxylic acids is 1. The molecule has 0 aromatic heterocycles. The summed E-state index contributed by atoms with van der Waals surface area (Å²) in [4.78, 5) is 125. The molecule has 5 rings (SSSR count). The van der Waals surface area contributed by atoms with Crippen molar-refractivity contribution in [3.63, 3.8) is 0 Å². The fourth-order valence-electron chi connectivity index (χ4n) is 8.82. The van der Waals surface area contributed by atoms with Gasteiger partial charge in [0, 0.05) is 26.1 Å². The molecule has 0 aliphatic carbocycles. The van der Waals surface area contributed by atoms with Crippen LogP contribution in [0.15, 0.2) is 48.5 Å². The Kier molecular flexibility index (Phi) is 17.7. The number of carbonyl (C=O) groups excluding carboxylic acids is 8. The molecule has 3 aliphatic heterocycles. The molecule has 11 N–H and O–H groups in total. The first-order valence-corrected chi connectivity index (χ1v) is 22.7. The number of hydrogen-bond donors (Lipinski definition) is 9. The van der Waals surface area contributed by atoms with E-state index < -0.39 is 108 Å². The Morgan fingerprint density at radius 3 is 1.60 bits per heavy atom. The average molecular weight is 934 g/mol. The van der Waals surface area contributed by atoms with Crippen LogP contribution >= 0.6 is 0 Å². The van der Waals surface area contributed by atoms with Gasteiger partial charge in [-0.25, -0.2) is 0 Å². The first kappa shape index (κ1) is 51.2. The fraction of sp³-hybridized carbons (Fsp3) is 0.543. The van der Waals surface area contributed by atoms with E-state index in [1.165, 1.54) is 45.9 Å². The molecule has 3 fully saturated rings. The van der Waals surface area contributed by atoms with Crippen LogP contribution in [0.25, 0.3) is 0 Å². The van der Waals surface area contributed by atoms with E-state index in [4.69, 9.17) is 11.5 Å². The lowest BCUT2D eigenvalue weighted by molar-refractivity contribution is -0.151. The molecule has 3 aliphatic rings. The van der Waals surface area contributed by atoms with Gasteiger partial charge < -0.3 is 62.8 Å². The van der Waals surface area contributed by atoms with Crippen molar-refractivity contribution in [1.82, 2.24) is 36.0 Å². The number of phenolic OH excluding ortho intramolecular Hbond substituents is 2. The first-order chi connectivity index (χ1) is 31.7. The summed E-state index contributed by atoms with van der Waals surface area (Å²) in [6.07, 6.45) is 1.64. The van der Waals surface area contributed by atoms with Crippen molar-refractivity contribution in [3.05, 3.63) is 59.7 Å². The highest BCUT2D eigenvalue weighted by molar-refractivity contribution is 5.99. The maximum atomic E-state index is 14.4. The Morgan fingerprint density at radius 1 is 0.612 bits per heavy atom. The van der Waals surface area contributed by atoms with Gasteiger partial charge in [-0.3, -0.25) is 43.2 Å². The molecule has 0 radical (unpaired) electrons. The summed E-state index contributed by atoms with van der Waals surface area (Å²) in [5.74, 6) is -6.84. The molecule has 2 aromatic rings. The van der Waals surface area contributed by atoms with Crippen LogP contribution in [0.5, 0.6) is 11.5 Å². The van der Waals surface area contributed by atoms with Crippen LogP contribution in [0, 0.1) is 5.92 Å². The second-order valence-electron chi connectivity index (χ2n) is 18.0. The third kappa shape index (κ3) is 13.6. The SMILES string of the molecule is CC(C)C[C@H](NC(=O)[C@@H](N)Cc1ccc(O)cc1)C(=O)N[C@@H](CC(N)=O)C(=O)N1CCC[C@H]1C(=O)N1CCC[C@H]1C(=O)N1CCC[C@H]1C(=O)N[C@@H](Cc1ccc(O)cc1)C(=O)N[C@@H](C)C(=O)O. The molecule has 8 amide bonds. The molecule has 21 nitrogen and oxygen atoms in total. The van der Waals surface area contributed by atoms with Gasteiger partial charge in [-0.1, -0.05) is 38.1 Å². The van der Waals surface area contributed by atoms with Gasteiger partial charge in [0.05, 0.1) is 12.5 Å². The zero-order chi connectivity index (χ0) is 49.1. The van der Waals surface area contributed by atoms with E-state index in [1.807, 2.05) is 13.8 Å². The van der Waals surface area contributed by atoms with E-state index in [0.29, 0.717) is 30.4 Å². The summed E-state index contributed by atoms with van der Waals surface area (Å²) >= 11 is 0. The molecule has 0 saturated carbocycles. The lowest BCUT2D eigenvalue weighted by atomic mass is 10.0. The normalized spacial score (nSPS) is 20.3. The smallest absolute Gasteiger partial charge is 0.325 e. The standard InChI is InChI=1S/C46H63N9O12/c1-25(2)21-32(50-39(59)31(47)22-27-10-14-29(56)15-11-27)41(61)52-34(24-38(48)58)43(63)54-19-5-8-36(54)45(65)55-20-6-9-37(55)44(64)53-18-4-7-35(53)42(62)51-33(40(60)49-26(3)46(66)67)23-28-12-16-30(57)17-13-28/h10-17,25-26,31-37,56-57H,4-9,18-24,47H2,1-3H3,(H2,48,58)(H,49,60)(H,50,59)(H,51,62)(H,52,61)(H,66,67)/t26-,31-,32-,33-,34-,35-,36-,37-/m0/s1. The number of aromatic hydroxyl groups is 2. The minimum atomic E-state index is -1.50. The number of carbonyl (C=O) groups is 9. The third-order valence-electron chi connectivity index (χ3n) is 12.3. The Balaban J connectivity index is 1.26. The summed E-state index contributed by atoms with van der Waals surface area (Å²) in [5.41, 5.74) is 13.0. The van der Waals surface area contributed by atoms with Gasteiger partial charge in [-0.05, 0) is 99.6 Å². The predicted molar refractivity (Wildman–Crippen MR) is 240 cm³/mol. The molecule has 0 spiro atoms. The van der Waals surface area contributed by atoms with E-state index in [9.17, 15) is 58.5 Å². The molecular weight excluding hydrogens is 871 g/mol. The molecule has 0 unspecified atom stereocenters. The summed E-state index contributed by atoms with van der Waals surface area (Å²) in [6.45, 7) is 5.40. The van der Waals surface area contributed by atoms with Crippen LogP contribution in [0.4, 0.5) is 0 Å². The number of benzene rings is 2. The van der Waals surface area contributed by atoms with Crippen LogP contribution in [-0.4, -0.2) is 151 Å². The van der Waals surface area contributed by atoms with Gasteiger partial charge in [0.1, 0.15) is 53.8 Å². The topological polar surface area (TPSA) is 324 Å². The molecule has 8 atom stereocenters. The lowest BCUT2D eigenvalue weighted by Gasteiger charge is -2.35. The number of amides is 8. The van der Waals surface area contributed by atoms with Crippen LogP contribution in [0.2, 0.25) is 0 Å². The minimum absolute atomic E-state index is 0.0170. The Labute approximate surface area is 388 Å². The second kappa shape index (κ2) is 23.1. The van der Waals surface area contributed by atoms with Gasteiger partial charge in [0.15, 0.2) is 0 Å². The molecule has 2 aromatic carbocycles. The van der Waals surface area contributed by atoms with Gasteiger partial charge in [-0.15, -0.1) is 0 Å². The van der Waals surface area contributed by atoms with Gasteiger partial charge in [-0.2, -0.15) is 0 Å². The van der Waals surface area contributed by atoms with Crippen molar-refractivity contribution >= 4 is 53.2 Å². The van der Waals surface area contributed by atoms with E-state index >= 15 is 0 Å². The summed E-state index contributed by atoms with van der Waals surface area (Å²) in [7, 11) is 0. The number of nitrogens with two attached hydrogens (primary N) is 2.